The Labute approximate surface area is 147 Å². The maximum absolute atomic E-state index is 12.0. The molecule has 0 aliphatic heterocycles. The smallest absolute Gasteiger partial charge is 0.315 e. The Bertz CT molecular complexity index is 647. The predicted octanol–water partition coefficient (Wildman–Crippen LogP) is 3.69. The number of rotatable bonds is 7. The minimum absolute atomic E-state index is 0.0669. The zero-order chi connectivity index (χ0) is 17.4. The molecule has 3 N–H and O–H groups in total. The van der Waals surface area contributed by atoms with Crippen LogP contribution in [-0.4, -0.2) is 23.8 Å². The maximum Gasteiger partial charge on any atom is 0.315 e. The Morgan fingerprint density at radius 2 is 1.75 bits per heavy atom. The molecule has 128 valence electrons. The van der Waals surface area contributed by atoms with E-state index < -0.39 is 6.10 Å². The van der Waals surface area contributed by atoms with Crippen molar-refractivity contribution < 1.29 is 9.90 Å². The zero-order valence-corrected chi connectivity index (χ0v) is 14.5. The number of carbonyl (C=O) groups excluding carboxylic acids is 1. The van der Waals surface area contributed by atoms with Gasteiger partial charge in [-0.3, -0.25) is 0 Å². The third kappa shape index (κ3) is 5.87. The molecule has 24 heavy (non-hydrogen) atoms. The Morgan fingerprint density at radius 1 is 1.08 bits per heavy atom. The summed E-state index contributed by atoms with van der Waals surface area (Å²) in [6.07, 6.45) is 0.164. The molecule has 0 aliphatic rings. The quantitative estimate of drug-likeness (QED) is 0.716. The van der Waals surface area contributed by atoms with Crippen LogP contribution in [0.1, 0.15) is 30.4 Å². The highest BCUT2D eigenvalue weighted by Crippen LogP contribution is 2.20. The van der Waals surface area contributed by atoms with Crippen molar-refractivity contribution in [2.24, 2.45) is 0 Å². The van der Waals surface area contributed by atoms with E-state index in [4.69, 9.17) is 11.6 Å². The number of aliphatic hydroxyl groups is 1. The molecule has 2 amide bonds. The molecule has 2 unspecified atom stereocenters. The first-order valence-electron chi connectivity index (χ1n) is 8.04. The van der Waals surface area contributed by atoms with Crippen LogP contribution in [0, 0.1) is 0 Å². The van der Waals surface area contributed by atoms with Gasteiger partial charge in [0.15, 0.2) is 0 Å². The molecule has 0 saturated heterocycles. The van der Waals surface area contributed by atoms with Crippen LogP contribution in [0.2, 0.25) is 5.02 Å². The third-order valence-electron chi connectivity index (χ3n) is 3.80. The number of benzene rings is 2. The van der Waals surface area contributed by atoms with Crippen molar-refractivity contribution in [3.05, 3.63) is 70.7 Å². The molecule has 0 aromatic heterocycles. The molecule has 0 aliphatic carbocycles. The van der Waals surface area contributed by atoms with Gasteiger partial charge in [0.25, 0.3) is 0 Å². The molecule has 0 heterocycles. The summed E-state index contributed by atoms with van der Waals surface area (Å²) in [5.74, 6) is 0.0669. The second-order valence-corrected chi connectivity index (χ2v) is 6.25. The first-order valence-corrected chi connectivity index (χ1v) is 8.42. The van der Waals surface area contributed by atoms with E-state index in [0.717, 1.165) is 11.1 Å². The highest BCUT2D eigenvalue weighted by atomic mass is 35.5. The Morgan fingerprint density at radius 3 is 2.42 bits per heavy atom. The SMILES string of the molecule is CC(O)CC(CNC(=O)NCc1ccccc1Cl)c1ccccc1. The molecular formula is C19H23ClN2O2. The fraction of sp³-hybridized carbons (Fsp3) is 0.316. The average Bonchev–Trinajstić information content (AvgIpc) is 2.58. The normalized spacial score (nSPS) is 13.1. The summed E-state index contributed by atoms with van der Waals surface area (Å²) < 4.78 is 0. The van der Waals surface area contributed by atoms with Crippen LogP contribution in [0.3, 0.4) is 0 Å². The number of halogens is 1. The summed E-state index contributed by atoms with van der Waals surface area (Å²) in [5.41, 5.74) is 1.97. The lowest BCUT2D eigenvalue weighted by Crippen LogP contribution is -2.37. The highest BCUT2D eigenvalue weighted by molar-refractivity contribution is 6.31. The summed E-state index contributed by atoms with van der Waals surface area (Å²) in [6, 6.07) is 17.1. The summed E-state index contributed by atoms with van der Waals surface area (Å²) in [6.45, 7) is 2.59. The monoisotopic (exact) mass is 346 g/mol. The van der Waals surface area contributed by atoms with E-state index in [-0.39, 0.29) is 11.9 Å². The first kappa shape index (κ1) is 18.3. The number of nitrogens with one attached hydrogen (secondary N) is 2. The van der Waals surface area contributed by atoms with Crippen LogP contribution < -0.4 is 10.6 Å². The lowest BCUT2D eigenvalue weighted by molar-refractivity contribution is 0.173. The van der Waals surface area contributed by atoms with Crippen molar-refractivity contribution in [3.63, 3.8) is 0 Å². The molecule has 0 radical (unpaired) electrons. The minimum Gasteiger partial charge on any atom is -0.393 e. The van der Waals surface area contributed by atoms with Crippen molar-refractivity contribution in [1.29, 1.82) is 0 Å². The van der Waals surface area contributed by atoms with Gasteiger partial charge in [0.1, 0.15) is 0 Å². The summed E-state index contributed by atoms with van der Waals surface area (Å²) in [5, 5.41) is 16.0. The molecule has 0 bridgehead atoms. The van der Waals surface area contributed by atoms with Crippen molar-refractivity contribution in [1.82, 2.24) is 10.6 Å². The van der Waals surface area contributed by atoms with E-state index >= 15 is 0 Å². The molecular weight excluding hydrogens is 324 g/mol. The van der Waals surface area contributed by atoms with Crippen molar-refractivity contribution in [2.45, 2.75) is 31.9 Å². The van der Waals surface area contributed by atoms with Gasteiger partial charge in [-0.25, -0.2) is 4.79 Å². The molecule has 0 spiro atoms. The zero-order valence-electron chi connectivity index (χ0n) is 13.7. The van der Waals surface area contributed by atoms with Gasteiger partial charge < -0.3 is 15.7 Å². The molecule has 0 saturated carbocycles. The standard InChI is InChI=1S/C19H23ClN2O2/c1-14(23)11-17(15-7-3-2-4-8-15)13-22-19(24)21-12-16-9-5-6-10-18(16)20/h2-10,14,17,23H,11-13H2,1H3,(H2,21,22,24). The van der Waals surface area contributed by atoms with Crippen molar-refractivity contribution in [3.8, 4) is 0 Å². The van der Waals surface area contributed by atoms with Gasteiger partial charge in [-0.2, -0.15) is 0 Å². The summed E-state index contributed by atoms with van der Waals surface area (Å²) in [7, 11) is 0. The highest BCUT2D eigenvalue weighted by Gasteiger charge is 2.15. The second-order valence-electron chi connectivity index (χ2n) is 5.85. The second kappa shape index (κ2) is 9.30. The van der Waals surface area contributed by atoms with Crippen LogP contribution in [0.25, 0.3) is 0 Å². The summed E-state index contributed by atoms with van der Waals surface area (Å²) >= 11 is 6.07. The Kier molecular flexibility index (Phi) is 7.09. The van der Waals surface area contributed by atoms with Gasteiger partial charge in [-0.1, -0.05) is 60.1 Å². The molecule has 4 nitrogen and oxygen atoms in total. The largest absolute Gasteiger partial charge is 0.393 e. The lowest BCUT2D eigenvalue weighted by Gasteiger charge is -2.20. The van der Waals surface area contributed by atoms with Crippen LogP contribution in [0.5, 0.6) is 0 Å². The third-order valence-corrected chi connectivity index (χ3v) is 4.17. The molecule has 2 aromatic rings. The first-order chi connectivity index (χ1) is 11.6. The molecule has 0 fully saturated rings. The van der Waals surface area contributed by atoms with Gasteiger partial charge in [-0.15, -0.1) is 0 Å². The molecule has 5 heteroatoms. The number of aliphatic hydroxyl groups excluding tert-OH is 1. The number of hydrogen-bond acceptors (Lipinski definition) is 2. The van der Waals surface area contributed by atoms with Gasteiger partial charge in [-0.05, 0) is 30.5 Å². The fourth-order valence-corrected chi connectivity index (χ4v) is 2.77. The molecule has 2 atom stereocenters. The molecule has 2 rings (SSSR count). The van der Waals surface area contributed by atoms with E-state index in [0.29, 0.717) is 24.5 Å². The van der Waals surface area contributed by atoms with E-state index in [1.807, 2.05) is 48.5 Å². The number of urea groups is 1. The average molecular weight is 347 g/mol. The Balaban J connectivity index is 1.87. The van der Waals surface area contributed by atoms with Crippen LogP contribution in [0.4, 0.5) is 4.79 Å². The van der Waals surface area contributed by atoms with Crippen LogP contribution in [0.15, 0.2) is 54.6 Å². The predicted molar refractivity (Wildman–Crippen MR) is 97.2 cm³/mol. The maximum atomic E-state index is 12.0. The summed E-state index contributed by atoms with van der Waals surface area (Å²) in [4.78, 5) is 12.0. The minimum atomic E-state index is -0.428. The van der Waals surface area contributed by atoms with Gasteiger partial charge in [0.2, 0.25) is 0 Å². The van der Waals surface area contributed by atoms with E-state index in [2.05, 4.69) is 10.6 Å². The van der Waals surface area contributed by atoms with Crippen LogP contribution in [-0.2, 0) is 6.54 Å². The van der Waals surface area contributed by atoms with Crippen molar-refractivity contribution in [2.75, 3.05) is 6.54 Å². The van der Waals surface area contributed by atoms with Gasteiger partial charge >= 0.3 is 6.03 Å². The number of hydrogen-bond donors (Lipinski definition) is 3. The molecule has 2 aromatic carbocycles. The van der Waals surface area contributed by atoms with E-state index in [9.17, 15) is 9.90 Å². The van der Waals surface area contributed by atoms with Gasteiger partial charge in [0, 0.05) is 24.0 Å². The van der Waals surface area contributed by atoms with E-state index in [1.54, 1.807) is 13.0 Å². The van der Waals surface area contributed by atoms with E-state index in [1.165, 1.54) is 0 Å². The number of carbonyl (C=O) groups is 1. The number of amides is 2. The van der Waals surface area contributed by atoms with Crippen LogP contribution >= 0.6 is 11.6 Å². The van der Waals surface area contributed by atoms with Crippen molar-refractivity contribution >= 4 is 17.6 Å². The fourth-order valence-electron chi connectivity index (χ4n) is 2.57. The Hall–Kier alpha value is -2.04. The lowest BCUT2D eigenvalue weighted by atomic mass is 9.93. The van der Waals surface area contributed by atoms with Gasteiger partial charge in [0.05, 0.1) is 6.10 Å². The topological polar surface area (TPSA) is 61.4 Å².